The number of carbonyl (C=O) groups is 4. The summed E-state index contributed by atoms with van der Waals surface area (Å²) in [5, 5.41) is 0. The van der Waals surface area contributed by atoms with E-state index in [0.717, 1.165) is 0 Å². The Morgan fingerprint density at radius 1 is 0.825 bits per heavy atom. The fourth-order valence-corrected chi connectivity index (χ4v) is 3.77. The third-order valence-corrected chi connectivity index (χ3v) is 5.90. The Bertz CT molecular complexity index is 989. The molecule has 0 bridgehead atoms. The summed E-state index contributed by atoms with van der Waals surface area (Å²) >= 11 is 0. The lowest BCUT2D eigenvalue weighted by atomic mass is 9.86. The lowest BCUT2D eigenvalue weighted by Gasteiger charge is -2.29. The van der Waals surface area contributed by atoms with E-state index in [-0.39, 0.29) is 49.7 Å². The lowest BCUT2D eigenvalue weighted by molar-refractivity contribution is -0.148. The molecule has 0 radical (unpaired) electrons. The molecule has 0 fully saturated rings. The maximum Gasteiger partial charge on any atom is 0.508 e. The van der Waals surface area contributed by atoms with Crippen LogP contribution in [-0.2, 0) is 35.0 Å². The number of nitrogens with two attached hydrogens (primary N) is 1. The Morgan fingerprint density at radius 3 is 1.88 bits per heavy atom. The predicted octanol–water partition coefficient (Wildman–Crippen LogP) is 5.37. The molecule has 0 aliphatic carbocycles. The van der Waals surface area contributed by atoms with Gasteiger partial charge in [0.25, 0.3) is 0 Å². The van der Waals surface area contributed by atoms with Crippen molar-refractivity contribution in [2.75, 3.05) is 13.7 Å². The Morgan fingerprint density at radius 2 is 1.38 bits per heavy atom. The third kappa shape index (κ3) is 13.3. The molecule has 1 unspecified atom stereocenters. The van der Waals surface area contributed by atoms with E-state index in [9.17, 15) is 19.2 Å². The highest BCUT2D eigenvalue weighted by atomic mass is 16.7. The van der Waals surface area contributed by atoms with Crippen LogP contribution in [0.1, 0.15) is 86.1 Å². The first-order chi connectivity index (χ1) is 18.6. The van der Waals surface area contributed by atoms with Crippen LogP contribution in [0.5, 0.6) is 11.5 Å². The Hall–Kier alpha value is -3.14. The Kier molecular flexibility index (Phi) is 14.7. The van der Waals surface area contributed by atoms with Crippen molar-refractivity contribution in [2.45, 2.75) is 98.6 Å². The average Bonchev–Trinajstić information content (AvgIpc) is 2.85. The van der Waals surface area contributed by atoms with E-state index in [2.05, 4.69) is 0 Å². The average molecular weight is 566 g/mol. The first-order valence-corrected chi connectivity index (χ1v) is 13.9. The number of hydrogen-bond acceptors (Lipinski definition) is 10. The summed E-state index contributed by atoms with van der Waals surface area (Å²) in [5.74, 6) is -0.715. The van der Waals surface area contributed by atoms with Gasteiger partial charge in [-0.3, -0.25) is 14.4 Å². The summed E-state index contributed by atoms with van der Waals surface area (Å²) in [6.07, 6.45) is -0.0302. The van der Waals surface area contributed by atoms with Crippen molar-refractivity contribution in [3.05, 3.63) is 23.8 Å². The van der Waals surface area contributed by atoms with E-state index in [1.54, 1.807) is 13.0 Å². The number of carbonyl (C=O) groups excluding carboxylic acids is 4. The normalized spacial score (nSPS) is 13.5. The number of hydrogen-bond donors (Lipinski definition) is 1. The summed E-state index contributed by atoms with van der Waals surface area (Å²) in [7, 11) is 1.22. The molecule has 0 aliphatic heterocycles. The van der Waals surface area contributed by atoms with Crippen molar-refractivity contribution >= 4 is 24.1 Å². The summed E-state index contributed by atoms with van der Waals surface area (Å²) in [6, 6.07) is 4.66. The van der Waals surface area contributed by atoms with E-state index in [0.29, 0.717) is 30.2 Å². The topological polar surface area (TPSA) is 140 Å². The molecule has 1 aromatic rings. The standard InChI is InChI=1S/C30H47NO9/c1-19(2)9-13-26(32)39-24-12-11-23(15-25(24)40-27(33)14-10-20(3)4)17-30(31,28(34)36-8)16-22(7)38-29(35)37-18-21(5)6/h11-12,15,19-22H,9-10,13-14,16-18,31H2,1-8H3/t22-,30?/m0/s1. The van der Waals surface area contributed by atoms with E-state index >= 15 is 0 Å². The van der Waals surface area contributed by atoms with Gasteiger partial charge in [-0.15, -0.1) is 0 Å². The molecule has 0 amide bonds. The fraction of sp³-hybridized carbons (Fsp3) is 0.667. The van der Waals surface area contributed by atoms with Crippen LogP contribution >= 0.6 is 0 Å². The highest BCUT2D eigenvalue weighted by Gasteiger charge is 2.38. The maximum absolute atomic E-state index is 12.8. The van der Waals surface area contributed by atoms with Gasteiger partial charge in [-0.1, -0.05) is 47.6 Å². The molecule has 1 rings (SSSR count). The summed E-state index contributed by atoms with van der Waals surface area (Å²) in [6.45, 7) is 13.6. The van der Waals surface area contributed by atoms with Gasteiger partial charge in [0.1, 0.15) is 11.6 Å². The quantitative estimate of drug-likeness (QED) is 0.205. The van der Waals surface area contributed by atoms with Gasteiger partial charge >= 0.3 is 24.1 Å². The van der Waals surface area contributed by atoms with Crippen molar-refractivity contribution in [1.82, 2.24) is 0 Å². The fourth-order valence-electron chi connectivity index (χ4n) is 3.77. The first-order valence-electron chi connectivity index (χ1n) is 13.9. The van der Waals surface area contributed by atoms with E-state index < -0.39 is 35.7 Å². The zero-order valence-electron chi connectivity index (χ0n) is 25.2. The van der Waals surface area contributed by atoms with Gasteiger partial charge in [0.15, 0.2) is 11.5 Å². The zero-order valence-corrected chi connectivity index (χ0v) is 25.2. The van der Waals surface area contributed by atoms with Crippen LogP contribution in [0.3, 0.4) is 0 Å². The minimum Gasteiger partial charge on any atom is -0.468 e. The largest absolute Gasteiger partial charge is 0.508 e. The van der Waals surface area contributed by atoms with Crippen LogP contribution in [0.25, 0.3) is 0 Å². The molecule has 40 heavy (non-hydrogen) atoms. The van der Waals surface area contributed by atoms with Gasteiger partial charge in [-0.2, -0.15) is 0 Å². The van der Waals surface area contributed by atoms with E-state index in [1.165, 1.54) is 19.2 Å². The van der Waals surface area contributed by atoms with Gasteiger partial charge in [-0.25, -0.2) is 4.79 Å². The summed E-state index contributed by atoms with van der Waals surface area (Å²) < 4.78 is 26.4. The second-order valence-electron chi connectivity index (χ2n) is 11.5. The van der Waals surface area contributed by atoms with Gasteiger partial charge in [0.2, 0.25) is 0 Å². The number of esters is 3. The van der Waals surface area contributed by atoms with Crippen molar-refractivity contribution < 1.29 is 42.9 Å². The second-order valence-corrected chi connectivity index (χ2v) is 11.5. The highest BCUT2D eigenvalue weighted by molar-refractivity contribution is 5.81. The van der Waals surface area contributed by atoms with Crippen molar-refractivity contribution in [1.29, 1.82) is 0 Å². The van der Waals surface area contributed by atoms with Gasteiger partial charge < -0.3 is 29.4 Å². The smallest absolute Gasteiger partial charge is 0.468 e. The lowest BCUT2D eigenvalue weighted by Crippen LogP contribution is -2.53. The van der Waals surface area contributed by atoms with Crippen molar-refractivity contribution in [3.8, 4) is 11.5 Å². The maximum atomic E-state index is 12.8. The van der Waals surface area contributed by atoms with Crippen LogP contribution in [0.15, 0.2) is 18.2 Å². The molecule has 0 aliphatic rings. The molecular formula is C30H47NO9. The molecular weight excluding hydrogens is 518 g/mol. The predicted molar refractivity (Wildman–Crippen MR) is 150 cm³/mol. The third-order valence-electron chi connectivity index (χ3n) is 5.90. The van der Waals surface area contributed by atoms with Crippen molar-refractivity contribution in [2.24, 2.45) is 23.5 Å². The zero-order chi connectivity index (χ0) is 30.5. The number of rotatable bonds is 16. The molecule has 0 saturated heterocycles. The molecule has 2 atom stereocenters. The van der Waals surface area contributed by atoms with Crippen LogP contribution in [0, 0.1) is 17.8 Å². The van der Waals surface area contributed by atoms with E-state index in [4.69, 9.17) is 29.4 Å². The summed E-state index contributed by atoms with van der Waals surface area (Å²) in [4.78, 5) is 49.7. The first kappa shape index (κ1) is 34.9. The summed E-state index contributed by atoms with van der Waals surface area (Å²) in [5.41, 5.74) is 5.44. The second kappa shape index (κ2) is 16.8. The molecule has 0 aromatic heterocycles. The monoisotopic (exact) mass is 565 g/mol. The molecule has 2 N–H and O–H groups in total. The van der Waals surface area contributed by atoms with Gasteiger partial charge in [0.05, 0.1) is 13.7 Å². The SMILES string of the molecule is COC(=O)C(N)(Cc1ccc(OC(=O)CCC(C)C)c(OC(=O)CCC(C)C)c1)C[C@H](C)OC(=O)OCC(C)C. The molecule has 0 heterocycles. The van der Waals surface area contributed by atoms with E-state index in [1.807, 2.05) is 41.5 Å². The minimum absolute atomic E-state index is 0.0352. The number of ether oxygens (including phenoxy) is 5. The van der Waals surface area contributed by atoms with Crippen LogP contribution < -0.4 is 15.2 Å². The minimum atomic E-state index is -1.58. The van der Waals surface area contributed by atoms with Crippen LogP contribution in [0.2, 0.25) is 0 Å². The Labute approximate surface area is 238 Å². The molecule has 0 spiro atoms. The molecule has 1 aromatic carbocycles. The van der Waals surface area contributed by atoms with Crippen LogP contribution in [0.4, 0.5) is 4.79 Å². The molecule has 10 nitrogen and oxygen atoms in total. The van der Waals surface area contributed by atoms with Crippen molar-refractivity contribution in [3.63, 3.8) is 0 Å². The van der Waals surface area contributed by atoms with Crippen LogP contribution in [-0.4, -0.2) is 49.4 Å². The Balaban J connectivity index is 3.18. The highest BCUT2D eigenvalue weighted by Crippen LogP contribution is 2.32. The number of methoxy groups -OCH3 is 1. The molecule has 226 valence electrons. The molecule has 0 saturated carbocycles. The van der Waals surface area contributed by atoms with Gasteiger partial charge in [-0.05, 0) is 55.2 Å². The van der Waals surface area contributed by atoms with Gasteiger partial charge in [0, 0.05) is 25.7 Å². The number of benzene rings is 1. The molecule has 10 heteroatoms.